The number of methoxy groups -OCH3 is 1. The van der Waals surface area contributed by atoms with E-state index < -0.39 is 0 Å². The summed E-state index contributed by atoms with van der Waals surface area (Å²) in [7, 11) is 5.20. The Kier molecular flexibility index (Phi) is 8.07. The average molecular weight is 542 g/mol. The van der Waals surface area contributed by atoms with Crippen molar-refractivity contribution in [1.29, 1.82) is 0 Å². The van der Waals surface area contributed by atoms with E-state index in [4.69, 9.17) is 14.5 Å². The summed E-state index contributed by atoms with van der Waals surface area (Å²) in [6.45, 7) is 1.63. The average Bonchev–Trinajstić information content (AvgIpc) is 3.42. The third kappa shape index (κ3) is 4.94. The van der Waals surface area contributed by atoms with Crippen molar-refractivity contribution >= 4 is 35.8 Å². The molecule has 3 fully saturated rings. The van der Waals surface area contributed by atoms with Crippen LogP contribution < -0.4 is 15.4 Å². The molecule has 3 atom stereocenters. The zero-order chi connectivity index (χ0) is 21.1. The van der Waals surface area contributed by atoms with Crippen molar-refractivity contribution in [3.05, 3.63) is 29.8 Å². The van der Waals surface area contributed by atoms with Crippen molar-refractivity contribution in [3.63, 3.8) is 0 Å². The molecule has 1 heterocycles. The Labute approximate surface area is 202 Å². The van der Waals surface area contributed by atoms with Gasteiger partial charge in [0.2, 0.25) is 5.91 Å². The highest BCUT2D eigenvalue weighted by Gasteiger charge is 2.65. The summed E-state index contributed by atoms with van der Waals surface area (Å²) in [4.78, 5) is 18.5. The maximum Gasteiger partial charge on any atom is 0.241 e. The van der Waals surface area contributed by atoms with E-state index in [1.807, 2.05) is 24.3 Å². The first-order valence-corrected chi connectivity index (χ1v) is 11.0. The van der Waals surface area contributed by atoms with Gasteiger partial charge in [-0.2, -0.15) is 0 Å². The van der Waals surface area contributed by atoms with Gasteiger partial charge in [-0.05, 0) is 37.0 Å². The van der Waals surface area contributed by atoms with Gasteiger partial charge in [0, 0.05) is 38.1 Å². The van der Waals surface area contributed by atoms with Crippen molar-refractivity contribution in [2.45, 2.75) is 50.8 Å². The molecule has 2 saturated carbocycles. The zero-order valence-corrected chi connectivity index (χ0v) is 21.1. The summed E-state index contributed by atoms with van der Waals surface area (Å²) >= 11 is 0. The lowest BCUT2D eigenvalue weighted by molar-refractivity contribution is -0.128. The molecule has 31 heavy (non-hydrogen) atoms. The van der Waals surface area contributed by atoms with Gasteiger partial charge in [-0.1, -0.05) is 25.0 Å². The molecule has 0 aromatic heterocycles. The number of nitrogens with one attached hydrogen (secondary N) is 2. The molecule has 0 radical (unpaired) electrons. The molecule has 172 valence electrons. The van der Waals surface area contributed by atoms with Crippen LogP contribution in [0.4, 0.5) is 0 Å². The minimum absolute atomic E-state index is 0. The SMILES string of the molecule is COc1ccc(CN=C(NCC(=O)N(C)C)NC2C3CCOC3C23CCCC3)cc1.I. The minimum atomic E-state index is 0. The molecule has 1 saturated heterocycles. The number of halogens is 1. The summed E-state index contributed by atoms with van der Waals surface area (Å²) in [6, 6.07) is 8.30. The number of guanidine groups is 1. The summed E-state index contributed by atoms with van der Waals surface area (Å²) in [6.07, 6.45) is 6.48. The molecule has 4 rings (SSSR count). The maximum atomic E-state index is 12.1. The summed E-state index contributed by atoms with van der Waals surface area (Å²) in [5.41, 5.74) is 1.33. The summed E-state index contributed by atoms with van der Waals surface area (Å²) < 4.78 is 11.3. The number of hydrogen-bond donors (Lipinski definition) is 2. The Balaban J connectivity index is 0.00000272. The smallest absolute Gasteiger partial charge is 0.241 e. The van der Waals surface area contributed by atoms with E-state index in [2.05, 4.69) is 10.6 Å². The first-order valence-electron chi connectivity index (χ1n) is 11.0. The number of carbonyl (C=O) groups excluding carboxylic acids is 1. The van der Waals surface area contributed by atoms with Gasteiger partial charge in [0.1, 0.15) is 5.75 Å². The molecule has 8 heteroatoms. The molecule has 1 aromatic carbocycles. The molecule has 2 N–H and O–H groups in total. The zero-order valence-electron chi connectivity index (χ0n) is 18.7. The molecular formula is C23H35IN4O3. The van der Waals surface area contributed by atoms with Gasteiger partial charge in [-0.3, -0.25) is 4.79 Å². The fourth-order valence-electron chi connectivity index (χ4n) is 5.42. The van der Waals surface area contributed by atoms with Crippen LogP contribution >= 0.6 is 24.0 Å². The second kappa shape index (κ2) is 10.4. The van der Waals surface area contributed by atoms with E-state index in [1.54, 1.807) is 26.1 Å². The molecule has 2 aliphatic carbocycles. The van der Waals surface area contributed by atoms with Crippen LogP contribution in [0.15, 0.2) is 29.3 Å². The summed E-state index contributed by atoms with van der Waals surface area (Å²) in [5.74, 6) is 2.11. The van der Waals surface area contributed by atoms with E-state index >= 15 is 0 Å². The first-order chi connectivity index (χ1) is 14.5. The monoisotopic (exact) mass is 542 g/mol. The van der Waals surface area contributed by atoms with Crippen molar-refractivity contribution in [1.82, 2.24) is 15.5 Å². The van der Waals surface area contributed by atoms with Crippen molar-refractivity contribution in [2.75, 3.05) is 34.4 Å². The summed E-state index contributed by atoms with van der Waals surface area (Å²) in [5, 5.41) is 6.97. The number of benzene rings is 1. The lowest BCUT2D eigenvalue weighted by Gasteiger charge is -2.57. The van der Waals surface area contributed by atoms with Gasteiger partial charge in [0.05, 0.1) is 26.3 Å². The fourth-order valence-corrected chi connectivity index (χ4v) is 5.42. The molecule has 0 bridgehead atoms. The minimum Gasteiger partial charge on any atom is -0.497 e. The molecular weight excluding hydrogens is 507 g/mol. The van der Waals surface area contributed by atoms with E-state index in [-0.39, 0.29) is 41.8 Å². The van der Waals surface area contributed by atoms with Crippen molar-refractivity contribution < 1.29 is 14.3 Å². The van der Waals surface area contributed by atoms with Gasteiger partial charge in [0.15, 0.2) is 5.96 Å². The van der Waals surface area contributed by atoms with Gasteiger partial charge in [-0.25, -0.2) is 4.99 Å². The van der Waals surface area contributed by atoms with Gasteiger partial charge in [0.25, 0.3) is 0 Å². The van der Waals surface area contributed by atoms with Crippen LogP contribution in [0.25, 0.3) is 0 Å². The van der Waals surface area contributed by atoms with E-state index in [0.29, 0.717) is 30.6 Å². The topological polar surface area (TPSA) is 75.2 Å². The second-order valence-corrected chi connectivity index (χ2v) is 8.96. The number of fused-ring (bicyclic) bond motifs is 2. The third-order valence-electron chi connectivity index (χ3n) is 7.06. The van der Waals surface area contributed by atoms with Crippen LogP contribution in [0, 0.1) is 11.3 Å². The number of amides is 1. The number of likely N-dealkylation sites (N-methyl/N-ethyl adjacent to an activating group) is 1. The lowest BCUT2D eigenvalue weighted by atomic mass is 9.54. The van der Waals surface area contributed by atoms with Crippen LogP contribution in [0.5, 0.6) is 5.75 Å². The van der Waals surface area contributed by atoms with E-state index in [0.717, 1.165) is 24.3 Å². The van der Waals surface area contributed by atoms with Crippen molar-refractivity contribution in [2.24, 2.45) is 16.3 Å². The quantitative estimate of drug-likeness (QED) is 0.329. The van der Waals surface area contributed by atoms with Crippen LogP contribution in [-0.2, 0) is 16.1 Å². The predicted octanol–water partition coefficient (Wildman–Crippen LogP) is 2.78. The predicted molar refractivity (Wildman–Crippen MR) is 132 cm³/mol. The van der Waals surface area contributed by atoms with Crippen LogP contribution in [-0.4, -0.2) is 63.3 Å². The molecule has 3 unspecified atom stereocenters. The lowest BCUT2D eigenvalue weighted by Crippen LogP contribution is -2.69. The van der Waals surface area contributed by atoms with Crippen LogP contribution in [0.3, 0.4) is 0 Å². The van der Waals surface area contributed by atoms with Gasteiger partial charge >= 0.3 is 0 Å². The Bertz CT molecular complexity index is 778. The molecule has 1 amide bonds. The number of aliphatic imine (C=N–C) groups is 1. The Hall–Kier alpha value is -1.55. The Morgan fingerprint density at radius 2 is 1.97 bits per heavy atom. The normalized spacial score (nSPS) is 25.9. The number of rotatable bonds is 6. The van der Waals surface area contributed by atoms with E-state index in [1.165, 1.54) is 25.7 Å². The second-order valence-electron chi connectivity index (χ2n) is 8.96. The van der Waals surface area contributed by atoms with Gasteiger partial charge < -0.3 is 25.0 Å². The first kappa shape index (κ1) is 24.1. The standard InChI is InChI=1S/C23H34N4O3.HI/c1-27(2)19(28)15-25-22(24-14-16-6-8-17(29-3)9-7-16)26-20-18-10-13-30-21(18)23(20)11-4-5-12-23;/h6-9,18,20-21H,4-5,10-15H2,1-3H3,(H2,24,25,26);1H. The highest BCUT2D eigenvalue weighted by Crippen LogP contribution is 2.60. The maximum absolute atomic E-state index is 12.1. The van der Waals surface area contributed by atoms with Crippen molar-refractivity contribution in [3.8, 4) is 5.75 Å². The number of hydrogen-bond acceptors (Lipinski definition) is 4. The number of nitrogens with zero attached hydrogens (tertiary/aromatic N) is 2. The molecule has 1 aliphatic heterocycles. The number of ether oxygens (including phenoxy) is 2. The molecule has 7 nitrogen and oxygen atoms in total. The largest absolute Gasteiger partial charge is 0.497 e. The fraction of sp³-hybridized carbons (Fsp3) is 0.652. The molecule has 3 aliphatic rings. The Morgan fingerprint density at radius 3 is 2.61 bits per heavy atom. The molecule has 1 aromatic rings. The highest BCUT2D eigenvalue weighted by atomic mass is 127. The third-order valence-corrected chi connectivity index (χ3v) is 7.06. The van der Waals surface area contributed by atoms with Crippen LogP contribution in [0.1, 0.15) is 37.7 Å². The van der Waals surface area contributed by atoms with E-state index in [9.17, 15) is 4.79 Å². The molecule has 1 spiro atoms. The highest BCUT2D eigenvalue weighted by molar-refractivity contribution is 14.0. The number of carbonyl (C=O) groups is 1. The van der Waals surface area contributed by atoms with Crippen LogP contribution in [0.2, 0.25) is 0 Å². The Morgan fingerprint density at radius 1 is 1.26 bits per heavy atom. The van der Waals surface area contributed by atoms with Gasteiger partial charge in [-0.15, -0.1) is 24.0 Å².